The Morgan fingerprint density at radius 3 is 2.60 bits per heavy atom. The maximum absolute atomic E-state index is 11.9. The van der Waals surface area contributed by atoms with Gasteiger partial charge in [0.2, 0.25) is 5.91 Å². The predicted molar refractivity (Wildman–Crippen MR) is 107 cm³/mol. The van der Waals surface area contributed by atoms with E-state index in [-0.39, 0.29) is 30.7 Å². The van der Waals surface area contributed by atoms with Crippen LogP contribution < -0.4 is 10.6 Å². The van der Waals surface area contributed by atoms with Gasteiger partial charge in [0.05, 0.1) is 5.69 Å². The van der Waals surface area contributed by atoms with Gasteiger partial charge in [-0.05, 0) is 19.1 Å². The number of benzene rings is 1. The fourth-order valence-corrected chi connectivity index (χ4v) is 2.75. The van der Waals surface area contributed by atoms with E-state index in [0.717, 1.165) is 41.1 Å². The van der Waals surface area contributed by atoms with Gasteiger partial charge in [-0.25, -0.2) is 4.98 Å². The lowest BCUT2D eigenvalue weighted by Crippen LogP contribution is -2.48. The molecule has 2 N–H and O–H groups in total. The standard InChI is InChI=1S/C17H20BrN3O2.2ClH/c1-11-17(13-2-4-14(18)5-3-13)23-16(21-11)7-6-15(22)20-10-12-8-19-9-12;;/h2-5,12,19H,6-10H2,1H3,(H,20,22);2*1H. The van der Waals surface area contributed by atoms with Crippen molar-refractivity contribution >= 4 is 46.7 Å². The highest BCUT2D eigenvalue weighted by molar-refractivity contribution is 9.10. The summed E-state index contributed by atoms with van der Waals surface area (Å²) in [6.45, 7) is 4.67. The summed E-state index contributed by atoms with van der Waals surface area (Å²) >= 11 is 3.42. The summed E-state index contributed by atoms with van der Waals surface area (Å²) in [5.74, 6) is 2.01. The predicted octanol–water partition coefficient (Wildman–Crippen LogP) is 3.52. The molecule has 0 saturated carbocycles. The lowest BCUT2D eigenvalue weighted by molar-refractivity contribution is -0.121. The van der Waals surface area contributed by atoms with E-state index in [1.165, 1.54) is 0 Å². The second-order valence-electron chi connectivity index (χ2n) is 5.86. The fraction of sp³-hybridized carbons (Fsp3) is 0.412. The molecule has 138 valence electrons. The van der Waals surface area contributed by atoms with Gasteiger partial charge >= 0.3 is 0 Å². The number of carbonyl (C=O) groups is 1. The molecule has 2 aromatic rings. The van der Waals surface area contributed by atoms with Gasteiger partial charge in [0.1, 0.15) is 0 Å². The molecule has 1 aromatic carbocycles. The monoisotopic (exact) mass is 449 g/mol. The highest BCUT2D eigenvalue weighted by atomic mass is 79.9. The third-order valence-electron chi connectivity index (χ3n) is 3.97. The molecule has 0 atom stereocenters. The number of oxazole rings is 1. The van der Waals surface area contributed by atoms with Crippen LogP contribution in [0, 0.1) is 12.8 Å². The lowest BCUT2D eigenvalue weighted by Gasteiger charge is -2.27. The third-order valence-corrected chi connectivity index (χ3v) is 4.50. The van der Waals surface area contributed by atoms with Crippen LogP contribution in [0.5, 0.6) is 0 Å². The van der Waals surface area contributed by atoms with Crippen LogP contribution in [0.15, 0.2) is 33.2 Å². The molecular formula is C17H22BrCl2N3O2. The van der Waals surface area contributed by atoms with Crippen molar-refractivity contribution in [1.29, 1.82) is 0 Å². The fourth-order valence-electron chi connectivity index (χ4n) is 2.49. The molecule has 1 aliphatic heterocycles. The number of amides is 1. The number of carbonyl (C=O) groups excluding carboxylic acids is 1. The van der Waals surface area contributed by atoms with Crippen molar-refractivity contribution in [3.8, 4) is 11.3 Å². The molecule has 3 rings (SSSR count). The Balaban J connectivity index is 0.00000156. The largest absolute Gasteiger partial charge is 0.440 e. The summed E-state index contributed by atoms with van der Waals surface area (Å²) in [7, 11) is 0. The quantitative estimate of drug-likeness (QED) is 0.706. The van der Waals surface area contributed by atoms with Crippen LogP contribution in [0.1, 0.15) is 18.0 Å². The van der Waals surface area contributed by atoms with Gasteiger partial charge in [-0.3, -0.25) is 4.79 Å². The molecule has 1 saturated heterocycles. The van der Waals surface area contributed by atoms with Gasteiger partial charge in [0.25, 0.3) is 0 Å². The van der Waals surface area contributed by atoms with Crippen LogP contribution in [-0.4, -0.2) is 30.5 Å². The zero-order valence-electron chi connectivity index (χ0n) is 13.9. The first-order valence-corrected chi connectivity index (χ1v) is 8.61. The number of halogens is 3. The van der Waals surface area contributed by atoms with Crippen molar-refractivity contribution in [2.75, 3.05) is 19.6 Å². The average Bonchev–Trinajstić information content (AvgIpc) is 2.85. The van der Waals surface area contributed by atoms with Crippen molar-refractivity contribution in [3.63, 3.8) is 0 Å². The minimum Gasteiger partial charge on any atom is -0.440 e. The van der Waals surface area contributed by atoms with E-state index in [4.69, 9.17) is 4.42 Å². The second-order valence-corrected chi connectivity index (χ2v) is 6.77. The molecule has 0 bridgehead atoms. The number of aryl methyl sites for hydroxylation is 2. The van der Waals surface area contributed by atoms with Crippen molar-refractivity contribution in [1.82, 2.24) is 15.6 Å². The van der Waals surface area contributed by atoms with Crippen LogP contribution >= 0.6 is 40.7 Å². The maximum atomic E-state index is 11.9. The zero-order valence-corrected chi connectivity index (χ0v) is 17.1. The smallest absolute Gasteiger partial charge is 0.220 e. The molecule has 5 nitrogen and oxygen atoms in total. The van der Waals surface area contributed by atoms with Gasteiger partial charge in [0, 0.05) is 48.4 Å². The van der Waals surface area contributed by atoms with Crippen molar-refractivity contribution in [3.05, 3.63) is 40.3 Å². The Morgan fingerprint density at radius 2 is 2.00 bits per heavy atom. The molecule has 1 aliphatic rings. The number of hydrogen-bond acceptors (Lipinski definition) is 4. The van der Waals surface area contributed by atoms with Gasteiger partial charge in [-0.15, -0.1) is 24.8 Å². The van der Waals surface area contributed by atoms with Gasteiger partial charge in [0.15, 0.2) is 11.7 Å². The van der Waals surface area contributed by atoms with Crippen LogP contribution in [-0.2, 0) is 11.2 Å². The van der Waals surface area contributed by atoms with E-state index in [1.807, 2.05) is 31.2 Å². The first kappa shape index (κ1) is 22.0. The molecule has 1 amide bonds. The van der Waals surface area contributed by atoms with Gasteiger partial charge in [-0.1, -0.05) is 28.1 Å². The van der Waals surface area contributed by atoms with E-state index in [0.29, 0.717) is 24.7 Å². The number of nitrogens with zero attached hydrogens (tertiary/aromatic N) is 1. The van der Waals surface area contributed by atoms with Crippen LogP contribution in [0.4, 0.5) is 0 Å². The average molecular weight is 451 g/mol. The first-order valence-electron chi connectivity index (χ1n) is 7.81. The van der Waals surface area contributed by atoms with Crippen molar-refractivity contribution in [2.45, 2.75) is 19.8 Å². The summed E-state index contributed by atoms with van der Waals surface area (Å²) < 4.78 is 6.86. The van der Waals surface area contributed by atoms with E-state index in [9.17, 15) is 4.79 Å². The molecular weight excluding hydrogens is 429 g/mol. The molecule has 1 aromatic heterocycles. The van der Waals surface area contributed by atoms with Crippen molar-refractivity contribution in [2.24, 2.45) is 5.92 Å². The number of rotatable bonds is 6. The van der Waals surface area contributed by atoms with E-state index in [1.54, 1.807) is 0 Å². The third kappa shape index (κ3) is 5.99. The molecule has 8 heteroatoms. The van der Waals surface area contributed by atoms with Crippen LogP contribution in [0.2, 0.25) is 0 Å². The Kier molecular flexibility index (Phi) is 8.93. The summed E-state index contributed by atoms with van der Waals surface area (Å²) in [4.78, 5) is 16.3. The number of hydrogen-bond donors (Lipinski definition) is 2. The summed E-state index contributed by atoms with van der Waals surface area (Å²) in [5, 5.41) is 6.15. The molecule has 2 heterocycles. The van der Waals surface area contributed by atoms with Crippen molar-refractivity contribution < 1.29 is 9.21 Å². The molecule has 25 heavy (non-hydrogen) atoms. The summed E-state index contributed by atoms with van der Waals surface area (Å²) in [6.07, 6.45) is 0.923. The number of nitrogens with one attached hydrogen (secondary N) is 2. The highest BCUT2D eigenvalue weighted by Gasteiger charge is 2.17. The van der Waals surface area contributed by atoms with E-state index < -0.39 is 0 Å². The minimum atomic E-state index is 0. The minimum absolute atomic E-state index is 0. The Bertz CT molecular complexity index is 688. The highest BCUT2D eigenvalue weighted by Crippen LogP contribution is 2.26. The molecule has 0 unspecified atom stereocenters. The van der Waals surface area contributed by atoms with E-state index in [2.05, 4.69) is 31.5 Å². The molecule has 0 radical (unpaired) electrons. The zero-order chi connectivity index (χ0) is 16.2. The first-order chi connectivity index (χ1) is 11.1. The Morgan fingerprint density at radius 1 is 1.32 bits per heavy atom. The molecule has 0 aliphatic carbocycles. The maximum Gasteiger partial charge on any atom is 0.220 e. The van der Waals surface area contributed by atoms with Gasteiger partial charge < -0.3 is 15.1 Å². The van der Waals surface area contributed by atoms with Crippen LogP contribution in [0.3, 0.4) is 0 Å². The van der Waals surface area contributed by atoms with Gasteiger partial charge in [-0.2, -0.15) is 0 Å². The molecule has 0 spiro atoms. The number of aromatic nitrogens is 1. The lowest BCUT2D eigenvalue weighted by atomic mass is 10.0. The second kappa shape index (κ2) is 10.2. The van der Waals surface area contributed by atoms with E-state index >= 15 is 0 Å². The Labute approximate surface area is 168 Å². The topological polar surface area (TPSA) is 67.2 Å². The SMILES string of the molecule is Cc1nc(CCC(=O)NCC2CNC2)oc1-c1ccc(Br)cc1.Cl.Cl. The van der Waals surface area contributed by atoms with Crippen LogP contribution in [0.25, 0.3) is 11.3 Å². The summed E-state index contributed by atoms with van der Waals surface area (Å²) in [6, 6.07) is 7.92. The summed E-state index contributed by atoms with van der Waals surface area (Å²) in [5.41, 5.74) is 1.84. The molecule has 1 fully saturated rings. The Hall–Kier alpha value is -1.08. The normalized spacial score (nSPS) is 13.4.